The maximum absolute atomic E-state index is 11.8. The average molecular weight is 208 g/mol. The van der Waals surface area contributed by atoms with E-state index in [1.165, 1.54) is 0 Å². The Morgan fingerprint density at radius 3 is 2.93 bits per heavy atom. The Bertz CT molecular complexity index is 286. The number of hydrogen-bond acceptors (Lipinski definition) is 2. The fourth-order valence-corrected chi connectivity index (χ4v) is 1.98. The van der Waals surface area contributed by atoms with Crippen molar-refractivity contribution in [2.45, 2.75) is 39.7 Å². The number of nitrogens with one attached hydrogen (secondary N) is 2. The van der Waals surface area contributed by atoms with Crippen molar-refractivity contribution in [3.05, 3.63) is 0 Å². The van der Waals surface area contributed by atoms with Crippen LogP contribution in [0.1, 0.15) is 33.6 Å². The molecule has 1 amide bonds. The molecule has 1 aliphatic rings. The molecule has 3 nitrogen and oxygen atoms in total. The molecule has 1 unspecified atom stereocenters. The number of carbonyl (C=O) groups is 1. The Kier molecular flexibility index (Phi) is 4.16. The van der Waals surface area contributed by atoms with Crippen molar-refractivity contribution < 1.29 is 4.79 Å². The number of piperidine rings is 1. The van der Waals surface area contributed by atoms with E-state index in [4.69, 9.17) is 0 Å². The van der Waals surface area contributed by atoms with Gasteiger partial charge in [-0.3, -0.25) is 4.79 Å². The van der Waals surface area contributed by atoms with Gasteiger partial charge in [0.25, 0.3) is 0 Å². The Balaban J connectivity index is 2.52. The molecule has 1 rings (SSSR count). The standard InChI is InChI=1S/C12H20N2O/c1-4-5-8-14-11(15)10-12(2,3)7-6-9-13-10/h10,13H,6-9H2,1-3H3,(H,14,15). The summed E-state index contributed by atoms with van der Waals surface area (Å²) < 4.78 is 0. The van der Waals surface area contributed by atoms with Crippen molar-refractivity contribution in [3.8, 4) is 11.8 Å². The van der Waals surface area contributed by atoms with Gasteiger partial charge in [-0.1, -0.05) is 19.8 Å². The second-order valence-electron chi connectivity index (χ2n) is 4.62. The van der Waals surface area contributed by atoms with Crippen LogP contribution in [0.5, 0.6) is 0 Å². The highest BCUT2D eigenvalue weighted by atomic mass is 16.2. The number of amides is 1. The fourth-order valence-electron chi connectivity index (χ4n) is 1.98. The topological polar surface area (TPSA) is 41.1 Å². The molecule has 15 heavy (non-hydrogen) atoms. The predicted molar refractivity (Wildman–Crippen MR) is 61.3 cm³/mol. The molecule has 0 aromatic carbocycles. The second kappa shape index (κ2) is 5.18. The molecule has 0 saturated carbocycles. The molecular weight excluding hydrogens is 188 g/mol. The Morgan fingerprint density at radius 2 is 2.33 bits per heavy atom. The lowest BCUT2D eigenvalue weighted by Crippen LogP contribution is -2.55. The molecule has 0 radical (unpaired) electrons. The first kappa shape index (κ1) is 12.1. The van der Waals surface area contributed by atoms with Crippen LogP contribution in [0.3, 0.4) is 0 Å². The minimum Gasteiger partial charge on any atom is -0.344 e. The van der Waals surface area contributed by atoms with Gasteiger partial charge in [-0.05, 0) is 31.7 Å². The van der Waals surface area contributed by atoms with Crippen LogP contribution in [-0.2, 0) is 4.79 Å². The second-order valence-corrected chi connectivity index (χ2v) is 4.62. The van der Waals surface area contributed by atoms with E-state index in [1.807, 2.05) is 0 Å². The summed E-state index contributed by atoms with van der Waals surface area (Å²) in [4.78, 5) is 11.8. The molecule has 0 aliphatic carbocycles. The van der Waals surface area contributed by atoms with Gasteiger partial charge in [0.2, 0.25) is 5.91 Å². The van der Waals surface area contributed by atoms with Gasteiger partial charge in [-0.2, -0.15) is 0 Å². The van der Waals surface area contributed by atoms with E-state index in [1.54, 1.807) is 6.92 Å². The smallest absolute Gasteiger partial charge is 0.238 e. The van der Waals surface area contributed by atoms with E-state index in [2.05, 4.69) is 36.3 Å². The highest BCUT2D eigenvalue weighted by Crippen LogP contribution is 2.29. The van der Waals surface area contributed by atoms with Crippen molar-refractivity contribution in [2.75, 3.05) is 13.1 Å². The largest absolute Gasteiger partial charge is 0.344 e. The van der Waals surface area contributed by atoms with E-state index < -0.39 is 0 Å². The van der Waals surface area contributed by atoms with E-state index in [0.717, 1.165) is 19.4 Å². The van der Waals surface area contributed by atoms with Crippen LogP contribution in [0, 0.1) is 17.3 Å². The molecule has 3 heteroatoms. The molecule has 1 saturated heterocycles. The molecule has 84 valence electrons. The van der Waals surface area contributed by atoms with Gasteiger partial charge in [0, 0.05) is 0 Å². The van der Waals surface area contributed by atoms with E-state index in [-0.39, 0.29) is 17.4 Å². The van der Waals surface area contributed by atoms with Crippen LogP contribution in [0.15, 0.2) is 0 Å². The third-order valence-corrected chi connectivity index (χ3v) is 2.92. The molecule has 1 heterocycles. The lowest BCUT2D eigenvalue weighted by Gasteiger charge is -2.38. The van der Waals surface area contributed by atoms with E-state index in [0.29, 0.717) is 6.54 Å². The van der Waals surface area contributed by atoms with E-state index >= 15 is 0 Å². The van der Waals surface area contributed by atoms with Gasteiger partial charge < -0.3 is 10.6 Å². The third kappa shape index (κ3) is 3.24. The van der Waals surface area contributed by atoms with Gasteiger partial charge in [0.05, 0.1) is 12.6 Å². The monoisotopic (exact) mass is 208 g/mol. The molecule has 2 N–H and O–H groups in total. The Morgan fingerprint density at radius 1 is 1.60 bits per heavy atom. The minimum absolute atomic E-state index is 0.0436. The minimum atomic E-state index is -0.0788. The van der Waals surface area contributed by atoms with Crippen LogP contribution in [0.25, 0.3) is 0 Å². The first-order valence-electron chi connectivity index (χ1n) is 5.48. The molecule has 0 bridgehead atoms. The fraction of sp³-hybridized carbons (Fsp3) is 0.750. The molecule has 1 atom stereocenters. The molecule has 1 aliphatic heterocycles. The Labute approximate surface area is 92.0 Å². The number of rotatable bonds is 2. The van der Waals surface area contributed by atoms with E-state index in [9.17, 15) is 4.79 Å². The summed E-state index contributed by atoms with van der Waals surface area (Å²) in [5.41, 5.74) is 0.0436. The van der Waals surface area contributed by atoms with Crippen LogP contribution in [0.4, 0.5) is 0 Å². The first-order chi connectivity index (χ1) is 7.08. The molecule has 0 aromatic heterocycles. The van der Waals surface area contributed by atoms with Crippen molar-refractivity contribution >= 4 is 5.91 Å². The average Bonchev–Trinajstić information content (AvgIpc) is 2.17. The lowest BCUT2D eigenvalue weighted by atomic mass is 9.77. The maximum Gasteiger partial charge on any atom is 0.238 e. The summed E-state index contributed by atoms with van der Waals surface area (Å²) in [6.45, 7) is 7.42. The summed E-state index contributed by atoms with van der Waals surface area (Å²) in [6, 6.07) is -0.0788. The quantitative estimate of drug-likeness (QED) is 0.662. The van der Waals surface area contributed by atoms with Crippen LogP contribution in [0.2, 0.25) is 0 Å². The number of hydrogen-bond donors (Lipinski definition) is 2. The van der Waals surface area contributed by atoms with Gasteiger partial charge in [-0.15, -0.1) is 5.92 Å². The summed E-state index contributed by atoms with van der Waals surface area (Å²) in [7, 11) is 0. The highest BCUT2D eigenvalue weighted by molar-refractivity contribution is 5.83. The zero-order chi connectivity index (χ0) is 11.3. The van der Waals surface area contributed by atoms with Gasteiger partial charge >= 0.3 is 0 Å². The normalized spacial score (nSPS) is 23.8. The van der Waals surface area contributed by atoms with Crippen LogP contribution in [-0.4, -0.2) is 25.0 Å². The maximum atomic E-state index is 11.8. The lowest BCUT2D eigenvalue weighted by molar-refractivity contribution is -0.126. The third-order valence-electron chi connectivity index (χ3n) is 2.92. The highest BCUT2D eigenvalue weighted by Gasteiger charge is 2.36. The number of carbonyl (C=O) groups excluding carboxylic acids is 1. The first-order valence-corrected chi connectivity index (χ1v) is 5.48. The summed E-state index contributed by atoms with van der Waals surface area (Å²) in [5, 5.41) is 6.11. The summed E-state index contributed by atoms with van der Waals surface area (Å²) in [6.07, 6.45) is 2.24. The molecule has 0 spiro atoms. The molecular formula is C12H20N2O. The van der Waals surface area contributed by atoms with Gasteiger partial charge in [0.15, 0.2) is 0 Å². The summed E-state index contributed by atoms with van der Waals surface area (Å²) >= 11 is 0. The van der Waals surface area contributed by atoms with Crippen molar-refractivity contribution in [1.29, 1.82) is 0 Å². The van der Waals surface area contributed by atoms with Crippen molar-refractivity contribution in [3.63, 3.8) is 0 Å². The van der Waals surface area contributed by atoms with Crippen LogP contribution >= 0.6 is 0 Å². The van der Waals surface area contributed by atoms with Crippen molar-refractivity contribution in [2.24, 2.45) is 5.41 Å². The molecule has 1 fully saturated rings. The van der Waals surface area contributed by atoms with Crippen molar-refractivity contribution in [1.82, 2.24) is 10.6 Å². The zero-order valence-corrected chi connectivity index (χ0v) is 9.81. The summed E-state index contributed by atoms with van der Waals surface area (Å²) in [5.74, 6) is 5.67. The SMILES string of the molecule is CC#CCNC(=O)C1NCCCC1(C)C. The van der Waals surface area contributed by atoms with Gasteiger partial charge in [0.1, 0.15) is 0 Å². The van der Waals surface area contributed by atoms with Gasteiger partial charge in [-0.25, -0.2) is 0 Å². The molecule has 0 aromatic rings. The van der Waals surface area contributed by atoms with Crippen LogP contribution < -0.4 is 10.6 Å². The predicted octanol–water partition coefficient (Wildman–Crippen LogP) is 0.904. The zero-order valence-electron chi connectivity index (χ0n) is 9.81. The Hall–Kier alpha value is -1.01.